The highest BCUT2D eigenvalue weighted by Gasteiger charge is 2.33. The minimum Gasteiger partial charge on any atom is -0.192 e. The van der Waals surface area contributed by atoms with Gasteiger partial charge in [-0.3, -0.25) is 0 Å². The summed E-state index contributed by atoms with van der Waals surface area (Å²) in [6.45, 7) is 4.35. The molecule has 0 bridgehead atoms. The van der Waals surface area contributed by atoms with Crippen molar-refractivity contribution in [2.75, 3.05) is 12.5 Å². The van der Waals surface area contributed by atoms with E-state index in [0.717, 1.165) is 0 Å². The van der Waals surface area contributed by atoms with Crippen LogP contribution in [0.3, 0.4) is 0 Å². The van der Waals surface area contributed by atoms with Crippen LogP contribution in [0.4, 0.5) is 0 Å². The van der Waals surface area contributed by atoms with E-state index in [9.17, 15) is 0 Å². The molecule has 0 fully saturated rings. The molecular weight excluding hydrogens is 585 g/mol. The molecule has 0 aliphatic carbocycles. The molecule has 1 aliphatic heterocycles. The largest absolute Gasteiger partial charge is 0.192 e. The van der Waals surface area contributed by atoms with Crippen LogP contribution in [-0.2, 0) is 0 Å². The summed E-state index contributed by atoms with van der Waals surface area (Å²) in [5, 5.41) is 7.79. The lowest BCUT2D eigenvalue weighted by atomic mass is 9.83. The van der Waals surface area contributed by atoms with Gasteiger partial charge in [-0.1, -0.05) is 132 Å². The van der Waals surface area contributed by atoms with E-state index in [1.165, 1.54) is 97.7 Å². The zero-order valence-electron chi connectivity index (χ0n) is 27.3. The molecular formula is C46H36S. The molecule has 1 aliphatic rings. The Hall–Kier alpha value is -5.11. The van der Waals surface area contributed by atoms with Crippen molar-refractivity contribution in [1.82, 2.24) is 0 Å². The fraction of sp³-hybridized carbons (Fsp3) is 0.0870. The SMILES string of the molecule is Cc1ccc(-c2c3ccc(-c4cccc5ccccc45)cc3c(-c3ccc(C)cc3)c3cc4c(cc23)-c2ccccc2S4(C)C)cc1. The zero-order valence-corrected chi connectivity index (χ0v) is 28.1. The molecule has 8 aromatic carbocycles. The first-order chi connectivity index (χ1) is 22.9. The summed E-state index contributed by atoms with van der Waals surface area (Å²) < 4.78 is 0. The molecule has 226 valence electrons. The first-order valence-electron chi connectivity index (χ1n) is 16.4. The van der Waals surface area contributed by atoms with Crippen molar-refractivity contribution in [3.63, 3.8) is 0 Å². The van der Waals surface area contributed by atoms with Crippen LogP contribution in [0.25, 0.3) is 76.8 Å². The normalized spacial score (nSPS) is 14.0. The average Bonchev–Trinajstić information content (AvgIpc) is 3.32. The number of hydrogen-bond acceptors (Lipinski definition) is 0. The summed E-state index contributed by atoms with van der Waals surface area (Å²) in [6, 6.07) is 55.0. The number of hydrogen-bond donors (Lipinski definition) is 0. The Balaban J connectivity index is 1.47. The maximum absolute atomic E-state index is 2.57. The Morgan fingerprint density at radius 2 is 0.915 bits per heavy atom. The van der Waals surface area contributed by atoms with Crippen LogP contribution in [0.5, 0.6) is 0 Å². The highest BCUT2D eigenvalue weighted by Crippen LogP contribution is 2.68. The second-order valence-electron chi connectivity index (χ2n) is 13.5. The van der Waals surface area contributed by atoms with Gasteiger partial charge in [0.05, 0.1) is 0 Å². The summed E-state index contributed by atoms with van der Waals surface area (Å²) in [6.07, 6.45) is 4.94. The standard InChI is InChI=1S/C46H36S/c1-29-16-20-32(21-17-29)45-38-25-24-34(36-14-9-11-31-10-5-6-12-35(31)36)26-40(38)46(33-22-18-30(2)19-23-33)42-28-44-39(27-41(42)45)37-13-7-8-15-43(37)47(44,3)4/h5-28H,1-4H3. The molecule has 0 atom stereocenters. The summed E-state index contributed by atoms with van der Waals surface area (Å²) in [7, 11) is -1.17. The smallest absolute Gasteiger partial charge is 0.00219 e. The molecule has 8 aromatic rings. The summed E-state index contributed by atoms with van der Waals surface area (Å²) >= 11 is 0. The fourth-order valence-corrected chi connectivity index (χ4v) is 10.4. The highest BCUT2D eigenvalue weighted by molar-refractivity contribution is 8.33. The lowest BCUT2D eigenvalue weighted by molar-refractivity contribution is 1.46. The van der Waals surface area contributed by atoms with Crippen molar-refractivity contribution in [2.45, 2.75) is 23.6 Å². The van der Waals surface area contributed by atoms with Crippen LogP contribution in [-0.4, -0.2) is 12.5 Å². The van der Waals surface area contributed by atoms with E-state index < -0.39 is 10.0 Å². The molecule has 0 saturated heterocycles. The van der Waals surface area contributed by atoms with Gasteiger partial charge in [0.2, 0.25) is 0 Å². The molecule has 9 rings (SSSR count). The molecule has 1 heterocycles. The monoisotopic (exact) mass is 620 g/mol. The zero-order chi connectivity index (χ0) is 31.9. The van der Waals surface area contributed by atoms with Crippen LogP contribution in [0.15, 0.2) is 155 Å². The fourth-order valence-electron chi connectivity index (χ4n) is 7.85. The number of benzene rings is 8. The van der Waals surface area contributed by atoms with E-state index in [1.807, 2.05) is 0 Å². The maximum atomic E-state index is 2.57. The molecule has 0 spiro atoms. The van der Waals surface area contributed by atoms with E-state index in [0.29, 0.717) is 0 Å². The van der Waals surface area contributed by atoms with Gasteiger partial charge in [-0.2, -0.15) is 10.0 Å². The van der Waals surface area contributed by atoms with Crippen LogP contribution < -0.4 is 0 Å². The topological polar surface area (TPSA) is 0 Å². The Labute approximate surface area is 278 Å². The second-order valence-corrected chi connectivity index (χ2v) is 17.0. The maximum Gasteiger partial charge on any atom is 0.00219 e. The summed E-state index contributed by atoms with van der Waals surface area (Å²) in [5.41, 5.74) is 13.0. The van der Waals surface area contributed by atoms with Gasteiger partial charge >= 0.3 is 0 Å². The van der Waals surface area contributed by atoms with E-state index >= 15 is 0 Å². The van der Waals surface area contributed by atoms with Crippen molar-refractivity contribution in [1.29, 1.82) is 0 Å². The molecule has 1 heteroatoms. The van der Waals surface area contributed by atoms with Gasteiger partial charge in [-0.05, 0) is 127 Å². The summed E-state index contributed by atoms with van der Waals surface area (Å²) in [4.78, 5) is 2.97. The molecule has 0 aromatic heterocycles. The number of rotatable bonds is 3. The van der Waals surface area contributed by atoms with Crippen LogP contribution >= 0.6 is 10.0 Å². The van der Waals surface area contributed by atoms with Crippen molar-refractivity contribution < 1.29 is 0 Å². The van der Waals surface area contributed by atoms with E-state index in [2.05, 4.69) is 172 Å². The molecule has 0 radical (unpaired) electrons. The Kier molecular flexibility index (Phi) is 6.26. The van der Waals surface area contributed by atoms with Crippen molar-refractivity contribution in [3.8, 4) is 44.5 Å². The third-order valence-electron chi connectivity index (χ3n) is 10.3. The molecule has 0 nitrogen and oxygen atoms in total. The minimum absolute atomic E-state index is 1.17. The van der Waals surface area contributed by atoms with Gasteiger partial charge in [0.25, 0.3) is 0 Å². The van der Waals surface area contributed by atoms with E-state index in [4.69, 9.17) is 0 Å². The highest BCUT2D eigenvalue weighted by atomic mass is 32.3. The number of aryl methyl sites for hydroxylation is 2. The lowest BCUT2D eigenvalue weighted by Gasteiger charge is -2.29. The van der Waals surface area contributed by atoms with Crippen molar-refractivity contribution >= 4 is 42.3 Å². The van der Waals surface area contributed by atoms with Gasteiger partial charge in [0.1, 0.15) is 0 Å². The Bertz CT molecular complexity index is 2530. The lowest BCUT2D eigenvalue weighted by Crippen LogP contribution is -1.96. The van der Waals surface area contributed by atoms with Gasteiger partial charge in [0, 0.05) is 9.79 Å². The Morgan fingerprint density at radius 3 is 1.66 bits per heavy atom. The van der Waals surface area contributed by atoms with Crippen molar-refractivity contribution in [2.24, 2.45) is 0 Å². The molecule has 0 amide bonds. The van der Waals surface area contributed by atoms with Gasteiger partial charge in [0.15, 0.2) is 0 Å². The molecule has 47 heavy (non-hydrogen) atoms. The molecule has 0 saturated carbocycles. The van der Waals surface area contributed by atoms with E-state index in [1.54, 1.807) is 0 Å². The Morgan fingerprint density at radius 1 is 0.362 bits per heavy atom. The third-order valence-corrected chi connectivity index (χ3v) is 13.2. The first kappa shape index (κ1) is 28.1. The van der Waals surface area contributed by atoms with Crippen molar-refractivity contribution in [3.05, 3.63) is 157 Å². The predicted molar refractivity (Wildman–Crippen MR) is 206 cm³/mol. The van der Waals surface area contributed by atoms with Gasteiger partial charge in [-0.25, -0.2) is 0 Å². The molecule has 0 unspecified atom stereocenters. The second kappa shape index (κ2) is 10.5. The average molecular weight is 621 g/mol. The van der Waals surface area contributed by atoms with Crippen LogP contribution in [0, 0.1) is 13.8 Å². The summed E-state index contributed by atoms with van der Waals surface area (Å²) in [5.74, 6) is 0. The minimum atomic E-state index is -1.17. The van der Waals surface area contributed by atoms with Gasteiger partial charge < -0.3 is 0 Å². The van der Waals surface area contributed by atoms with Crippen LogP contribution in [0.1, 0.15) is 11.1 Å². The van der Waals surface area contributed by atoms with Crippen LogP contribution in [0.2, 0.25) is 0 Å². The number of fused-ring (bicyclic) bond motifs is 6. The van der Waals surface area contributed by atoms with Gasteiger partial charge in [-0.15, -0.1) is 0 Å². The molecule has 0 N–H and O–H groups in total. The first-order valence-corrected chi connectivity index (χ1v) is 18.9. The quantitative estimate of drug-likeness (QED) is 0.172. The predicted octanol–water partition coefficient (Wildman–Crippen LogP) is 13.2. The van der Waals surface area contributed by atoms with E-state index in [-0.39, 0.29) is 0 Å². The third kappa shape index (κ3) is 4.30.